The van der Waals surface area contributed by atoms with Crippen LogP contribution >= 0.6 is 11.6 Å². The van der Waals surface area contributed by atoms with Crippen molar-refractivity contribution in [3.63, 3.8) is 0 Å². The first-order chi connectivity index (χ1) is 7.56. The molecule has 16 heavy (non-hydrogen) atoms. The van der Waals surface area contributed by atoms with Crippen LogP contribution in [0.5, 0.6) is 0 Å². The summed E-state index contributed by atoms with van der Waals surface area (Å²) in [4.78, 5) is 0. The molecule has 1 N–H and O–H groups in total. The van der Waals surface area contributed by atoms with E-state index in [2.05, 4.69) is 26.1 Å². The fourth-order valence-corrected chi connectivity index (χ4v) is 1.82. The Balaban J connectivity index is 2.71. The molecule has 0 aromatic heterocycles. The molecule has 1 nitrogen and oxygen atoms in total. The van der Waals surface area contributed by atoms with Crippen LogP contribution in [0.15, 0.2) is 18.2 Å². The van der Waals surface area contributed by atoms with E-state index in [4.69, 9.17) is 11.6 Å². The van der Waals surface area contributed by atoms with Crippen molar-refractivity contribution < 1.29 is 4.39 Å². The minimum atomic E-state index is -0.355. The van der Waals surface area contributed by atoms with Crippen molar-refractivity contribution in [3.05, 3.63) is 34.6 Å². The Labute approximate surface area is 102 Å². The van der Waals surface area contributed by atoms with Crippen LogP contribution in [-0.2, 0) is 0 Å². The first-order valence-electron chi connectivity index (χ1n) is 5.74. The summed E-state index contributed by atoms with van der Waals surface area (Å²) in [5.74, 6) is -0.0311. The minimum absolute atomic E-state index is 0.201. The van der Waals surface area contributed by atoms with Crippen LogP contribution in [0, 0.1) is 5.82 Å². The zero-order chi connectivity index (χ0) is 12.1. The van der Waals surface area contributed by atoms with Gasteiger partial charge in [-0.2, -0.15) is 0 Å². The van der Waals surface area contributed by atoms with E-state index in [9.17, 15) is 4.39 Å². The zero-order valence-electron chi connectivity index (χ0n) is 10.1. The molecule has 0 amide bonds. The van der Waals surface area contributed by atoms with Gasteiger partial charge in [0.25, 0.3) is 0 Å². The summed E-state index contributed by atoms with van der Waals surface area (Å²) in [5.41, 5.74) is 1.07. The molecule has 2 atom stereocenters. The molecule has 0 radical (unpaired) electrons. The molecule has 3 heteroatoms. The highest BCUT2D eigenvalue weighted by Crippen LogP contribution is 2.24. The van der Waals surface area contributed by atoms with Crippen molar-refractivity contribution in [1.82, 2.24) is 5.32 Å². The predicted octanol–water partition coefficient (Wildman–Crippen LogP) is 3.97. The van der Waals surface area contributed by atoms with Gasteiger partial charge in [-0.15, -0.1) is 0 Å². The number of benzene rings is 1. The summed E-state index contributed by atoms with van der Waals surface area (Å²) in [5, 5.41) is 3.63. The molecule has 2 unspecified atom stereocenters. The fraction of sp³-hybridized carbons (Fsp3) is 0.538. The maximum atomic E-state index is 13.0. The minimum Gasteiger partial charge on any atom is -0.314 e. The average Bonchev–Trinajstić information content (AvgIpc) is 2.28. The number of nitrogens with one attached hydrogen (secondary N) is 1. The summed E-state index contributed by atoms with van der Waals surface area (Å²) < 4.78 is 13.0. The van der Waals surface area contributed by atoms with Crippen molar-refractivity contribution >= 4 is 11.6 Å². The lowest BCUT2D eigenvalue weighted by molar-refractivity contribution is 0.481. The van der Waals surface area contributed by atoms with Crippen LogP contribution in [0.25, 0.3) is 0 Å². The summed E-state index contributed by atoms with van der Waals surface area (Å²) in [6, 6.07) is 5.31. The first-order valence-corrected chi connectivity index (χ1v) is 6.12. The Morgan fingerprint density at radius 3 is 2.62 bits per heavy atom. The van der Waals surface area contributed by atoms with Gasteiger partial charge >= 0.3 is 0 Å². The topological polar surface area (TPSA) is 12.0 Å². The molecular formula is C13H19ClFN. The van der Waals surface area contributed by atoms with Gasteiger partial charge in [0, 0.05) is 6.04 Å². The second-order valence-electron chi connectivity index (χ2n) is 4.21. The number of hydrogen-bond donors (Lipinski definition) is 1. The highest BCUT2D eigenvalue weighted by atomic mass is 35.5. The van der Waals surface area contributed by atoms with Gasteiger partial charge in [0.2, 0.25) is 0 Å². The zero-order valence-corrected chi connectivity index (χ0v) is 10.8. The SMILES string of the molecule is CCCNC(C)C(C)c1ccc(F)c(Cl)c1. The standard InChI is InChI=1S/C13H19ClFN/c1-4-7-16-10(3)9(2)11-5-6-13(15)12(14)8-11/h5-6,8-10,16H,4,7H2,1-3H3. The highest BCUT2D eigenvalue weighted by molar-refractivity contribution is 6.30. The Hall–Kier alpha value is -0.600. The summed E-state index contributed by atoms with van der Waals surface area (Å²) in [7, 11) is 0. The summed E-state index contributed by atoms with van der Waals surface area (Å²) in [6.45, 7) is 7.40. The van der Waals surface area contributed by atoms with E-state index in [1.54, 1.807) is 12.1 Å². The molecule has 0 saturated carbocycles. The quantitative estimate of drug-likeness (QED) is 0.825. The molecule has 90 valence electrons. The maximum absolute atomic E-state index is 13.0. The Morgan fingerprint density at radius 2 is 2.06 bits per heavy atom. The third-order valence-corrected chi connectivity index (χ3v) is 3.23. The molecule has 0 bridgehead atoms. The van der Waals surface area contributed by atoms with Gasteiger partial charge in [0.1, 0.15) is 5.82 Å². The monoisotopic (exact) mass is 243 g/mol. The van der Waals surface area contributed by atoms with Crippen molar-refractivity contribution in [2.45, 2.75) is 39.2 Å². The van der Waals surface area contributed by atoms with Gasteiger partial charge < -0.3 is 5.32 Å². The van der Waals surface area contributed by atoms with Crippen molar-refractivity contribution in [2.24, 2.45) is 0 Å². The Kier molecular flexibility index (Phi) is 5.23. The fourth-order valence-electron chi connectivity index (χ4n) is 1.63. The smallest absolute Gasteiger partial charge is 0.141 e. The van der Waals surface area contributed by atoms with E-state index < -0.39 is 0 Å². The predicted molar refractivity (Wildman–Crippen MR) is 67.6 cm³/mol. The van der Waals surface area contributed by atoms with Crippen LogP contribution in [0.4, 0.5) is 4.39 Å². The van der Waals surface area contributed by atoms with Crippen LogP contribution in [0.2, 0.25) is 5.02 Å². The lowest BCUT2D eigenvalue weighted by Crippen LogP contribution is -2.31. The first kappa shape index (κ1) is 13.5. The van der Waals surface area contributed by atoms with Gasteiger partial charge in [-0.25, -0.2) is 4.39 Å². The molecule has 1 rings (SSSR count). The van der Waals surface area contributed by atoms with Gasteiger partial charge in [-0.1, -0.05) is 31.5 Å². The van der Waals surface area contributed by atoms with Crippen molar-refractivity contribution in [1.29, 1.82) is 0 Å². The third kappa shape index (κ3) is 3.46. The molecular weight excluding hydrogens is 225 g/mol. The average molecular weight is 244 g/mol. The van der Waals surface area contributed by atoms with E-state index in [0.717, 1.165) is 18.5 Å². The summed E-state index contributed by atoms with van der Waals surface area (Å²) >= 11 is 5.77. The molecule has 0 aliphatic carbocycles. The van der Waals surface area contributed by atoms with E-state index in [0.29, 0.717) is 12.0 Å². The highest BCUT2D eigenvalue weighted by Gasteiger charge is 2.14. The second-order valence-corrected chi connectivity index (χ2v) is 4.61. The van der Waals surface area contributed by atoms with E-state index in [-0.39, 0.29) is 10.8 Å². The van der Waals surface area contributed by atoms with E-state index >= 15 is 0 Å². The molecule has 0 saturated heterocycles. The number of hydrogen-bond acceptors (Lipinski definition) is 1. The second kappa shape index (κ2) is 6.21. The Bertz CT molecular complexity index is 341. The van der Waals surface area contributed by atoms with E-state index in [1.807, 2.05) is 0 Å². The number of halogens is 2. The summed E-state index contributed by atoms with van der Waals surface area (Å²) in [6.07, 6.45) is 1.11. The van der Waals surface area contributed by atoms with Crippen molar-refractivity contribution in [2.75, 3.05) is 6.54 Å². The maximum Gasteiger partial charge on any atom is 0.141 e. The molecule has 0 fully saturated rings. The van der Waals surface area contributed by atoms with Gasteiger partial charge in [0.05, 0.1) is 5.02 Å². The largest absolute Gasteiger partial charge is 0.314 e. The third-order valence-electron chi connectivity index (χ3n) is 2.94. The molecule has 0 heterocycles. The Morgan fingerprint density at radius 1 is 1.38 bits per heavy atom. The van der Waals surface area contributed by atoms with Gasteiger partial charge in [-0.05, 0) is 43.5 Å². The molecule has 0 aliphatic heterocycles. The molecule has 0 spiro atoms. The normalized spacial score (nSPS) is 14.8. The van der Waals surface area contributed by atoms with Crippen molar-refractivity contribution in [3.8, 4) is 0 Å². The molecule has 1 aromatic rings. The lowest BCUT2D eigenvalue weighted by Gasteiger charge is -2.21. The lowest BCUT2D eigenvalue weighted by atomic mass is 9.94. The molecule has 0 aliphatic rings. The van der Waals surface area contributed by atoms with Gasteiger partial charge in [-0.3, -0.25) is 0 Å². The van der Waals surface area contributed by atoms with Gasteiger partial charge in [0.15, 0.2) is 0 Å². The molecule has 1 aromatic carbocycles. The van der Waals surface area contributed by atoms with E-state index in [1.165, 1.54) is 6.07 Å². The van der Waals surface area contributed by atoms with Crippen LogP contribution in [-0.4, -0.2) is 12.6 Å². The van der Waals surface area contributed by atoms with Crippen LogP contribution in [0.3, 0.4) is 0 Å². The van der Waals surface area contributed by atoms with Crippen LogP contribution in [0.1, 0.15) is 38.7 Å². The van der Waals surface area contributed by atoms with Crippen LogP contribution < -0.4 is 5.32 Å². The number of rotatable bonds is 5.